The first-order valence-electron chi connectivity index (χ1n) is 8.97. The molecule has 0 amide bonds. The molecule has 0 saturated carbocycles. The van der Waals surface area contributed by atoms with Gasteiger partial charge in [-0.05, 0) is 45.4 Å². The highest BCUT2D eigenvalue weighted by Gasteiger charge is 2.12. The lowest BCUT2D eigenvalue weighted by Crippen LogP contribution is -2.03. The first kappa shape index (κ1) is 17.2. The second-order valence-electron chi connectivity index (χ2n) is 7.10. The van der Waals surface area contributed by atoms with Crippen molar-refractivity contribution < 1.29 is 0 Å². The molecule has 0 aromatic heterocycles. The van der Waals surface area contributed by atoms with Crippen LogP contribution in [0.4, 0.5) is 5.69 Å². The van der Waals surface area contributed by atoms with Gasteiger partial charge in [0.1, 0.15) is 0 Å². The normalized spacial score (nSPS) is 11.8. The number of fused-ring (bicyclic) bond motifs is 1. The number of benzene rings is 3. The lowest BCUT2D eigenvalue weighted by molar-refractivity contribution is 0.835. The van der Waals surface area contributed by atoms with Crippen LogP contribution < -0.4 is 5.43 Å². The van der Waals surface area contributed by atoms with Crippen LogP contribution >= 0.6 is 0 Å². The lowest BCUT2D eigenvalue weighted by Gasteiger charge is -2.18. The average Bonchev–Trinajstić information content (AvgIpc) is 2.61. The van der Waals surface area contributed by atoms with Gasteiger partial charge in [-0.3, -0.25) is 5.43 Å². The Balaban J connectivity index is 1.88. The van der Waals surface area contributed by atoms with Gasteiger partial charge in [0.05, 0.1) is 11.9 Å². The van der Waals surface area contributed by atoms with Crippen molar-refractivity contribution in [2.45, 2.75) is 39.5 Å². The number of hydrogen-bond donors (Lipinski definition) is 1. The molecule has 0 unspecified atom stereocenters. The molecule has 0 bridgehead atoms. The summed E-state index contributed by atoms with van der Waals surface area (Å²) in [5.41, 5.74) is 8.16. The molecule has 3 rings (SSSR count). The smallest absolute Gasteiger partial charge is 0.0630 e. The van der Waals surface area contributed by atoms with Crippen LogP contribution in [-0.4, -0.2) is 6.21 Å². The maximum Gasteiger partial charge on any atom is 0.0630 e. The summed E-state index contributed by atoms with van der Waals surface area (Å²) < 4.78 is 0. The zero-order valence-corrected chi connectivity index (χ0v) is 15.5. The standard InChI is InChI=1S/C23H26N2/c1-16(2)21-10-7-11-22(17(3)4)23(21)25-24-15-18-12-13-19-8-5-6-9-20(19)14-18/h5-17,25H,1-4H3. The molecule has 0 aliphatic heterocycles. The van der Waals surface area contributed by atoms with Crippen molar-refractivity contribution in [3.05, 3.63) is 77.4 Å². The monoisotopic (exact) mass is 330 g/mol. The minimum absolute atomic E-state index is 0.456. The van der Waals surface area contributed by atoms with E-state index in [1.165, 1.54) is 21.9 Å². The lowest BCUT2D eigenvalue weighted by atomic mass is 9.93. The van der Waals surface area contributed by atoms with E-state index in [0.717, 1.165) is 11.3 Å². The highest BCUT2D eigenvalue weighted by atomic mass is 15.3. The summed E-state index contributed by atoms with van der Waals surface area (Å²) in [6.07, 6.45) is 1.90. The zero-order valence-electron chi connectivity index (χ0n) is 15.5. The highest BCUT2D eigenvalue weighted by Crippen LogP contribution is 2.32. The molecular weight excluding hydrogens is 304 g/mol. The summed E-state index contributed by atoms with van der Waals surface area (Å²) >= 11 is 0. The average molecular weight is 330 g/mol. The third-order valence-corrected chi connectivity index (χ3v) is 4.54. The molecule has 3 aromatic carbocycles. The fourth-order valence-electron chi connectivity index (χ4n) is 3.14. The van der Waals surface area contributed by atoms with Crippen LogP contribution in [0.1, 0.15) is 56.2 Å². The zero-order chi connectivity index (χ0) is 17.8. The van der Waals surface area contributed by atoms with E-state index in [0.29, 0.717) is 11.8 Å². The van der Waals surface area contributed by atoms with Crippen molar-refractivity contribution >= 4 is 22.7 Å². The maximum atomic E-state index is 4.53. The van der Waals surface area contributed by atoms with Crippen molar-refractivity contribution in [1.82, 2.24) is 0 Å². The van der Waals surface area contributed by atoms with Gasteiger partial charge in [-0.25, -0.2) is 0 Å². The van der Waals surface area contributed by atoms with Crippen molar-refractivity contribution in [2.24, 2.45) is 5.10 Å². The van der Waals surface area contributed by atoms with E-state index >= 15 is 0 Å². The number of para-hydroxylation sites is 1. The molecule has 2 nitrogen and oxygen atoms in total. The molecule has 0 fully saturated rings. The molecule has 0 heterocycles. The molecule has 1 N–H and O–H groups in total. The third kappa shape index (κ3) is 3.90. The fraction of sp³-hybridized carbons (Fsp3) is 0.261. The Bertz CT molecular complexity index is 865. The molecule has 0 aliphatic rings. The van der Waals surface area contributed by atoms with Crippen LogP contribution in [0.5, 0.6) is 0 Å². The van der Waals surface area contributed by atoms with E-state index < -0.39 is 0 Å². The molecule has 0 radical (unpaired) electrons. The predicted octanol–water partition coefficient (Wildman–Crippen LogP) is 6.53. The molecule has 128 valence electrons. The van der Waals surface area contributed by atoms with Gasteiger partial charge in [-0.1, -0.05) is 82.3 Å². The third-order valence-electron chi connectivity index (χ3n) is 4.54. The molecule has 2 heteroatoms. The first-order valence-corrected chi connectivity index (χ1v) is 8.97. The Morgan fingerprint density at radius 2 is 1.40 bits per heavy atom. The number of rotatable bonds is 5. The molecule has 25 heavy (non-hydrogen) atoms. The van der Waals surface area contributed by atoms with Gasteiger partial charge in [-0.15, -0.1) is 0 Å². The van der Waals surface area contributed by atoms with E-state index in [-0.39, 0.29) is 0 Å². The summed E-state index contributed by atoms with van der Waals surface area (Å²) in [6.45, 7) is 8.88. The number of nitrogens with one attached hydrogen (secondary N) is 1. The van der Waals surface area contributed by atoms with Gasteiger partial charge in [0.15, 0.2) is 0 Å². The van der Waals surface area contributed by atoms with Crippen LogP contribution in [0, 0.1) is 0 Å². The molecule has 3 aromatic rings. The molecule has 0 spiro atoms. The van der Waals surface area contributed by atoms with Gasteiger partial charge in [0.2, 0.25) is 0 Å². The highest BCUT2D eigenvalue weighted by molar-refractivity contribution is 5.90. The molecule has 0 saturated heterocycles. The van der Waals surface area contributed by atoms with Crippen LogP contribution in [0.15, 0.2) is 65.8 Å². The van der Waals surface area contributed by atoms with Crippen LogP contribution in [0.2, 0.25) is 0 Å². The number of nitrogens with zero attached hydrogens (tertiary/aromatic N) is 1. The number of hydrogen-bond acceptors (Lipinski definition) is 2. The molecule has 0 atom stereocenters. The maximum absolute atomic E-state index is 4.53. The minimum Gasteiger partial charge on any atom is -0.278 e. The first-order chi connectivity index (χ1) is 12.1. The van der Waals surface area contributed by atoms with Gasteiger partial charge in [0, 0.05) is 0 Å². The van der Waals surface area contributed by atoms with Crippen LogP contribution in [0.25, 0.3) is 10.8 Å². The van der Waals surface area contributed by atoms with Crippen molar-refractivity contribution in [1.29, 1.82) is 0 Å². The number of anilines is 1. The molecular formula is C23H26N2. The van der Waals surface area contributed by atoms with Gasteiger partial charge in [-0.2, -0.15) is 5.10 Å². The van der Waals surface area contributed by atoms with Crippen molar-refractivity contribution in [2.75, 3.05) is 5.43 Å². The van der Waals surface area contributed by atoms with Crippen molar-refractivity contribution in [3.63, 3.8) is 0 Å². The van der Waals surface area contributed by atoms with Gasteiger partial charge < -0.3 is 0 Å². The van der Waals surface area contributed by atoms with E-state index in [1.54, 1.807) is 0 Å². The Labute approximate surface area is 150 Å². The van der Waals surface area contributed by atoms with Crippen molar-refractivity contribution in [3.8, 4) is 0 Å². The second-order valence-corrected chi connectivity index (χ2v) is 7.10. The Morgan fingerprint density at radius 3 is 2.04 bits per heavy atom. The van der Waals surface area contributed by atoms with E-state index in [4.69, 9.17) is 0 Å². The van der Waals surface area contributed by atoms with E-state index in [9.17, 15) is 0 Å². The largest absolute Gasteiger partial charge is 0.278 e. The minimum atomic E-state index is 0.456. The van der Waals surface area contributed by atoms with Gasteiger partial charge in [0.25, 0.3) is 0 Å². The summed E-state index contributed by atoms with van der Waals surface area (Å²) in [5.74, 6) is 0.911. The summed E-state index contributed by atoms with van der Waals surface area (Å²) in [5, 5.41) is 7.01. The van der Waals surface area contributed by atoms with Crippen LogP contribution in [-0.2, 0) is 0 Å². The quantitative estimate of drug-likeness (QED) is 0.417. The number of hydrazone groups is 1. The van der Waals surface area contributed by atoms with Gasteiger partial charge >= 0.3 is 0 Å². The Hall–Kier alpha value is -2.61. The summed E-state index contributed by atoms with van der Waals surface area (Å²) in [4.78, 5) is 0. The fourth-order valence-corrected chi connectivity index (χ4v) is 3.14. The Morgan fingerprint density at radius 1 is 0.760 bits per heavy atom. The second kappa shape index (κ2) is 7.52. The summed E-state index contributed by atoms with van der Waals surface area (Å²) in [7, 11) is 0. The topological polar surface area (TPSA) is 24.4 Å². The van der Waals surface area contributed by atoms with E-state index in [2.05, 4.69) is 98.9 Å². The van der Waals surface area contributed by atoms with E-state index in [1.807, 2.05) is 6.21 Å². The van der Waals surface area contributed by atoms with Crippen LogP contribution in [0.3, 0.4) is 0 Å². The Kier molecular flexibility index (Phi) is 5.18. The predicted molar refractivity (Wildman–Crippen MR) is 110 cm³/mol. The molecule has 0 aliphatic carbocycles. The summed E-state index contributed by atoms with van der Waals surface area (Å²) in [6, 6.07) is 21.3. The SMILES string of the molecule is CC(C)c1cccc(C(C)C)c1NN=Cc1ccc2ccccc2c1.